The summed E-state index contributed by atoms with van der Waals surface area (Å²) in [6.07, 6.45) is -5.08. The van der Waals surface area contributed by atoms with Crippen molar-refractivity contribution >= 4 is 6.29 Å². The predicted octanol–water partition coefficient (Wildman–Crippen LogP) is -4.41. The zero-order valence-electron chi connectivity index (χ0n) is 8.55. The minimum absolute atomic E-state index is 0.168. The molecule has 0 aromatic rings. The molecule has 0 saturated carbocycles. The summed E-state index contributed by atoms with van der Waals surface area (Å²) >= 11 is 0. The first kappa shape index (κ1) is 17.8. The van der Waals surface area contributed by atoms with E-state index < -0.39 is 44.2 Å². The molecule has 0 heterocycles. The van der Waals surface area contributed by atoms with Crippen molar-refractivity contribution in [1.82, 2.24) is 0 Å². The van der Waals surface area contributed by atoms with Gasteiger partial charge in [-0.3, -0.25) is 0 Å². The SMILES string of the molecule is O=C[C@H](O)[C@@H](O)CO.OC[C@@H](O)[C@H](O)CO. The van der Waals surface area contributed by atoms with Gasteiger partial charge in [0.25, 0.3) is 0 Å². The van der Waals surface area contributed by atoms with E-state index >= 15 is 0 Å². The Labute approximate surface area is 92.0 Å². The van der Waals surface area contributed by atoms with Crippen molar-refractivity contribution in [3.8, 4) is 0 Å². The van der Waals surface area contributed by atoms with Gasteiger partial charge in [-0.15, -0.1) is 0 Å². The molecule has 0 rings (SSSR count). The van der Waals surface area contributed by atoms with Crippen LogP contribution in [0.2, 0.25) is 0 Å². The molecule has 0 unspecified atom stereocenters. The van der Waals surface area contributed by atoms with Crippen molar-refractivity contribution in [1.29, 1.82) is 0 Å². The van der Waals surface area contributed by atoms with Crippen molar-refractivity contribution in [2.45, 2.75) is 24.4 Å². The van der Waals surface area contributed by atoms with Crippen LogP contribution in [0.25, 0.3) is 0 Å². The molecular weight excluding hydrogens is 224 g/mol. The van der Waals surface area contributed by atoms with E-state index in [1.54, 1.807) is 0 Å². The normalized spacial score (nSPS) is 17.7. The minimum Gasteiger partial charge on any atom is -0.394 e. The number of rotatable bonds is 6. The fourth-order valence-corrected chi connectivity index (χ4v) is 0.442. The van der Waals surface area contributed by atoms with Crippen LogP contribution in [0.1, 0.15) is 0 Å². The van der Waals surface area contributed by atoms with E-state index in [1.807, 2.05) is 0 Å². The van der Waals surface area contributed by atoms with E-state index in [9.17, 15) is 4.79 Å². The molecule has 0 aliphatic carbocycles. The quantitative estimate of drug-likeness (QED) is 0.230. The molecule has 0 amide bonds. The molecule has 16 heavy (non-hydrogen) atoms. The Morgan fingerprint density at radius 1 is 0.750 bits per heavy atom. The van der Waals surface area contributed by atoms with Gasteiger partial charge in [-0.2, -0.15) is 0 Å². The average molecular weight is 242 g/mol. The molecule has 0 bridgehead atoms. The third-order valence-electron chi connectivity index (χ3n) is 1.54. The predicted molar refractivity (Wildman–Crippen MR) is 51.3 cm³/mol. The highest BCUT2D eigenvalue weighted by molar-refractivity contribution is 5.56. The molecule has 0 spiro atoms. The maximum atomic E-state index is 9.58. The molecule has 4 atom stereocenters. The molecular formula is C8H18O8. The Hall–Kier alpha value is -0.610. The Kier molecular flexibility index (Phi) is 12.1. The van der Waals surface area contributed by atoms with Crippen LogP contribution in [-0.2, 0) is 4.79 Å². The molecule has 0 aliphatic rings. The van der Waals surface area contributed by atoms with Crippen LogP contribution in [0, 0.1) is 0 Å². The van der Waals surface area contributed by atoms with E-state index in [2.05, 4.69) is 0 Å². The van der Waals surface area contributed by atoms with Crippen molar-refractivity contribution in [2.75, 3.05) is 19.8 Å². The smallest absolute Gasteiger partial charge is 0.151 e. The lowest BCUT2D eigenvalue weighted by Gasteiger charge is -2.10. The van der Waals surface area contributed by atoms with Gasteiger partial charge in [0, 0.05) is 0 Å². The topological polar surface area (TPSA) is 159 Å². The van der Waals surface area contributed by atoms with Crippen molar-refractivity contribution in [3.05, 3.63) is 0 Å². The molecule has 0 fully saturated rings. The van der Waals surface area contributed by atoms with Gasteiger partial charge >= 0.3 is 0 Å². The summed E-state index contributed by atoms with van der Waals surface area (Å²) in [6.45, 7) is -1.65. The molecule has 8 heteroatoms. The Bertz CT molecular complexity index is 156. The van der Waals surface area contributed by atoms with E-state index in [0.29, 0.717) is 0 Å². The maximum absolute atomic E-state index is 9.58. The lowest BCUT2D eigenvalue weighted by atomic mass is 10.2. The van der Waals surface area contributed by atoms with E-state index in [1.165, 1.54) is 0 Å². The first-order valence-electron chi connectivity index (χ1n) is 4.44. The second-order valence-corrected chi connectivity index (χ2v) is 2.88. The summed E-state index contributed by atoms with van der Waals surface area (Å²) < 4.78 is 0. The highest BCUT2D eigenvalue weighted by Gasteiger charge is 2.12. The Morgan fingerprint density at radius 3 is 1.19 bits per heavy atom. The standard InChI is InChI=1S/C4H10O4.C4H8O4/c2*5-1-3(7)4(8)2-6/h3-8H,1-2H2;1,3-4,6-8H,2H2/t2*3-,4-/m10/s1. The lowest BCUT2D eigenvalue weighted by molar-refractivity contribution is -0.121. The zero-order valence-corrected chi connectivity index (χ0v) is 8.55. The van der Waals surface area contributed by atoms with Gasteiger partial charge in [0.2, 0.25) is 0 Å². The largest absolute Gasteiger partial charge is 0.394 e. The third-order valence-corrected chi connectivity index (χ3v) is 1.54. The summed E-state index contributed by atoms with van der Waals surface area (Å²) in [5.41, 5.74) is 0. The molecule has 7 N–H and O–H groups in total. The van der Waals surface area contributed by atoms with Gasteiger partial charge < -0.3 is 40.5 Å². The molecule has 0 aromatic heterocycles. The van der Waals surface area contributed by atoms with Gasteiger partial charge in [0.15, 0.2) is 6.29 Å². The Morgan fingerprint density at radius 2 is 1.06 bits per heavy atom. The van der Waals surface area contributed by atoms with Crippen LogP contribution in [-0.4, -0.2) is 86.3 Å². The zero-order chi connectivity index (χ0) is 13.1. The number of hydrogen-bond donors (Lipinski definition) is 7. The second kappa shape index (κ2) is 10.9. The average Bonchev–Trinajstić information content (AvgIpc) is 2.35. The summed E-state index contributed by atoms with van der Waals surface area (Å²) in [6, 6.07) is 0. The lowest BCUT2D eigenvalue weighted by Crippen LogP contribution is -2.31. The number of hydrogen-bond acceptors (Lipinski definition) is 8. The molecule has 8 nitrogen and oxygen atoms in total. The van der Waals surface area contributed by atoms with Gasteiger partial charge in [-0.05, 0) is 0 Å². The number of aliphatic hydroxyl groups excluding tert-OH is 7. The summed E-state index contributed by atoms with van der Waals surface area (Å²) in [5, 5.41) is 58.0. The van der Waals surface area contributed by atoms with Crippen LogP contribution in [0.3, 0.4) is 0 Å². The van der Waals surface area contributed by atoms with E-state index in [4.69, 9.17) is 35.7 Å². The van der Waals surface area contributed by atoms with Crippen LogP contribution in [0.4, 0.5) is 0 Å². The first-order valence-corrected chi connectivity index (χ1v) is 4.44. The van der Waals surface area contributed by atoms with Crippen LogP contribution < -0.4 is 0 Å². The molecule has 0 aliphatic heterocycles. The van der Waals surface area contributed by atoms with Gasteiger partial charge in [-0.25, -0.2) is 0 Å². The molecule has 0 radical (unpaired) electrons. The number of carbonyl (C=O) groups is 1. The van der Waals surface area contributed by atoms with Gasteiger partial charge in [0.1, 0.15) is 24.4 Å². The molecule has 98 valence electrons. The van der Waals surface area contributed by atoms with Gasteiger partial charge in [-0.1, -0.05) is 0 Å². The van der Waals surface area contributed by atoms with Crippen molar-refractivity contribution in [2.24, 2.45) is 0 Å². The second-order valence-electron chi connectivity index (χ2n) is 2.88. The highest BCUT2D eigenvalue weighted by Crippen LogP contribution is 1.88. The van der Waals surface area contributed by atoms with E-state index in [0.717, 1.165) is 0 Å². The van der Waals surface area contributed by atoms with Crippen LogP contribution >= 0.6 is 0 Å². The van der Waals surface area contributed by atoms with Crippen LogP contribution in [0.15, 0.2) is 0 Å². The fraction of sp³-hybridized carbons (Fsp3) is 0.875. The number of aliphatic hydroxyl groups is 7. The minimum atomic E-state index is -1.46. The van der Waals surface area contributed by atoms with Crippen LogP contribution in [0.5, 0.6) is 0 Å². The molecule has 0 saturated heterocycles. The fourth-order valence-electron chi connectivity index (χ4n) is 0.442. The first-order chi connectivity index (χ1) is 7.44. The summed E-state index contributed by atoms with van der Waals surface area (Å²) in [5.74, 6) is 0. The summed E-state index contributed by atoms with van der Waals surface area (Å²) in [7, 11) is 0. The Balaban J connectivity index is 0. The highest BCUT2D eigenvalue weighted by atomic mass is 16.4. The monoisotopic (exact) mass is 242 g/mol. The summed E-state index contributed by atoms with van der Waals surface area (Å²) in [4.78, 5) is 9.58. The number of aldehydes is 1. The van der Waals surface area contributed by atoms with Crippen molar-refractivity contribution in [3.63, 3.8) is 0 Å². The van der Waals surface area contributed by atoms with E-state index in [-0.39, 0.29) is 6.29 Å². The maximum Gasteiger partial charge on any atom is 0.151 e. The van der Waals surface area contributed by atoms with Crippen molar-refractivity contribution < 1.29 is 40.5 Å². The molecule has 0 aromatic carbocycles. The third kappa shape index (κ3) is 8.68. The van der Waals surface area contributed by atoms with Gasteiger partial charge in [0.05, 0.1) is 19.8 Å². The number of carbonyl (C=O) groups excluding carboxylic acids is 1.